The Morgan fingerprint density at radius 2 is 0.696 bits per heavy atom. The van der Waals surface area contributed by atoms with Crippen LogP contribution in [0, 0.1) is 20.8 Å². The Bertz CT molecular complexity index is 726. The second-order valence-electron chi connectivity index (χ2n) is 6.12. The molecular formula is C21H21PSe. The molecule has 3 aromatic rings. The average molecular weight is 383 g/mol. The molecular weight excluding hydrogens is 362 g/mol. The van der Waals surface area contributed by atoms with E-state index >= 15 is 0 Å². The Morgan fingerprint density at radius 3 is 0.913 bits per heavy atom. The van der Waals surface area contributed by atoms with Gasteiger partial charge in [-0.15, -0.1) is 0 Å². The summed E-state index contributed by atoms with van der Waals surface area (Å²) in [5.41, 5.74) is 2.19. The van der Waals surface area contributed by atoms with Crippen LogP contribution in [0.4, 0.5) is 0 Å². The molecule has 0 aromatic heterocycles. The van der Waals surface area contributed by atoms with Crippen LogP contribution in [0.2, 0.25) is 0 Å². The minimum atomic E-state index is -1.71. The molecule has 0 aliphatic heterocycles. The zero-order chi connectivity index (χ0) is 16.4. The fourth-order valence-corrected chi connectivity index (χ4v) is 7.61. The maximum atomic E-state index is 3.61. The first kappa shape index (κ1) is 16.5. The van der Waals surface area contributed by atoms with E-state index in [0.29, 0.717) is 0 Å². The first-order valence-corrected chi connectivity index (χ1v) is 11.8. The van der Waals surface area contributed by atoms with E-state index in [-0.39, 0.29) is 0 Å². The Balaban J connectivity index is 2.24. The molecule has 3 rings (SSSR count). The maximum absolute atomic E-state index is 3.61. The third-order valence-electron chi connectivity index (χ3n) is 4.19. The summed E-state index contributed by atoms with van der Waals surface area (Å²) in [5, 5.41) is 4.16. The SMILES string of the molecule is Cc1ccc(P(=[Se])(c2ccc(C)cc2)c2ccc(C)cc2)cc1. The molecule has 0 aliphatic carbocycles. The third kappa shape index (κ3) is 3.29. The molecule has 0 atom stereocenters. The Labute approximate surface area is 146 Å². The van der Waals surface area contributed by atoms with Crippen LogP contribution in [0.5, 0.6) is 0 Å². The standard InChI is InChI=1S/C21H21PSe/c1-16-4-10-19(11-5-16)22(23,20-12-6-17(2)7-13-20)21-14-8-18(3)9-15-21/h4-15H,1-3H3. The van der Waals surface area contributed by atoms with Gasteiger partial charge in [0.15, 0.2) is 0 Å². The summed E-state index contributed by atoms with van der Waals surface area (Å²) >= 11 is 3.61. The van der Waals surface area contributed by atoms with Crippen molar-refractivity contribution in [3.63, 3.8) is 0 Å². The quantitative estimate of drug-likeness (QED) is 0.474. The Hall–Kier alpha value is -1.39. The number of aryl methyl sites for hydroxylation is 3. The molecule has 116 valence electrons. The number of benzene rings is 3. The van der Waals surface area contributed by atoms with Gasteiger partial charge in [-0.1, -0.05) is 0 Å². The number of hydrogen-bond donors (Lipinski definition) is 0. The van der Waals surface area contributed by atoms with Crippen LogP contribution in [0.3, 0.4) is 0 Å². The van der Waals surface area contributed by atoms with E-state index < -0.39 is 5.51 Å². The molecule has 2 heteroatoms. The van der Waals surface area contributed by atoms with Gasteiger partial charge < -0.3 is 0 Å². The van der Waals surface area contributed by atoms with Crippen molar-refractivity contribution in [1.29, 1.82) is 0 Å². The Morgan fingerprint density at radius 1 is 0.478 bits per heavy atom. The van der Waals surface area contributed by atoms with Crippen molar-refractivity contribution in [2.24, 2.45) is 0 Å². The topological polar surface area (TPSA) is 0 Å². The molecule has 0 N–H and O–H groups in total. The molecule has 0 nitrogen and oxygen atoms in total. The van der Waals surface area contributed by atoms with Gasteiger partial charge in [-0.25, -0.2) is 0 Å². The molecule has 0 aliphatic rings. The average Bonchev–Trinajstić information content (AvgIpc) is 2.56. The number of rotatable bonds is 3. The van der Waals surface area contributed by atoms with Gasteiger partial charge in [0.25, 0.3) is 0 Å². The van der Waals surface area contributed by atoms with Crippen LogP contribution in [-0.2, 0) is 0 Å². The fourth-order valence-electron chi connectivity index (χ4n) is 2.71. The van der Waals surface area contributed by atoms with Crippen molar-refractivity contribution in [1.82, 2.24) is 0 Å². The Kier molecular flexibility index (Phi) is 4.74. The van der Waals surface area contributed by atoms with Crippen LogP contribution in [0.1, 0.15) is 16.7 Å². The summed E-state index contributed by atoms with van der Waals surface area (Å²) < 4.78 is 0. The first-order chi connectivity index (χ1) is 11.0. The summed E-state index contributed by atoms with van der Waals surface area (Å²) in [4.78, 5) is 0. The van der Waals surface area contributed by atoms with Gasteiger partial charge in [0.05, 0.1) is 0 Å². The van der Waals surface area contributed by atoms with Crippen LogP contribution in [0.25, 0.3) is 0 Å². The van der Waals surface area contributed by atoms with E-state index in [1.807, 2.05) is 0 Å². The van der Waals surface area contributed by atoms with Gasteiger partial charge in [0, 0.05) is 0 Å². The van der Waals surface area contributed by atoms with Crippen molar-refractivity contribution in [3.05, 3.63) is 89.5 Å². The summed E-state index contributed by atoms with van der Waals surface area (Å²) in [6.07, 6.45) is 0. The zero-order valence-electron chi connectivity index (χ0n) is 13.8. The van der Waals surface area contributed by atoms with Crippen LogP contribution in [-0.4, -0.2) is 15.1 Å². The van der Waals surface area contributed by atoms with Gasteiger partial charge in [0.2, 0.25) is 0 Å². The molecule has 0 radical (unpaired) electrons. The van der Waals surface area contributed by atoms with E-state index in [0.717, 1.165) is 0 Å². The molecule has 0 bridgehead atoms. The molecule has 0 saturated carbocycles. The van der Waals surface area contributed by atoms with E-state index in [2.05, 4.69) is 109 Å². The normalized spacial score (nSPS) is 11.4. The molecule has 0 fully saturated rings. The van der Waals surface area contributed by atoms with Crippen molar-refractivity contribution in [2.75, 3.05) is 0 Å². The minimum absolute atomic E-state index is 1.30. The summed E-state index contributed by atoms with van der Waals surface area (Å²) in [6, 6.07) is 26.9. The van der Waals surface area contributed by atoms with E-state index in [9.17, 15) is 0 Å². The van der Waals surface area contributed by atoms with E-state index in [1.54, 1.807) is 0 Å². The van der Waals surface area contributed by atoms with Crippen molar-refractivity contribution in [3.8, 4) is 0 Å². The summed E-state index contributed by atoms with van der Waals surface area (Å²) in [6.45, 7) is 6.42. The van der Waals surface area contributed by atoms with Gasteiger partial charge in [0.1, 0.15) is 0 Å². The molecule has 0 unspecified atom stereocenters. The number of hydrogen-bond acceptors (Lipinski definition) is 0. The van der Waals surface area contributed by atoms with Crippen LogP contribution < -0.4 is 15.9 Å². The first-order valence-electron chi connectivity index (χ1n) is 7.82. The van der Waals surface area contributed by atoms with Crippen molar-refractivity contribution < 1.29 is 0 Å². The molecule has 23 heavy (non-hydrogen) atoms. The molecule has 0 heterocycles. The van der Waals surface area contributed by atoms with Crippen LogP contribution in [0.15, 0.2) is 72.8 Å². The predicted octanol–water partition coefficient (Wildman–Crippen LogP) is 3.99. The third-order valence-corrected chi connectivity index (χ3v) is 11.2. The summed E-state index contributed by atoms with van der Waals surface area (Å²) in [7, 11) is 0. The summed E-state index contributed by atoms with van der Waals surface area (Å²) in [5.74, 6) is 0. The van der Waals surface area contributed by atoms with Gasteiger partial charge in [-0.2, -0.15) is 0 Å². The monoisotopic (exact) mass is 384 g/mol. The molecule has 0 spiro atoms. The molecule has 0 amide bonds. The molecule has 3 aromatic carbocycles. The zero-order valence-corrected chi connectivity index (χ0v) is 16.4. The predicted molar refractivity (Wildman–Crippen MR) is 105 cm³/mol. The molecule has 0 saturated heterocycles. The van der Waals surface area contributed by atoms with E-state index in [1.165, 1.54) is 32.6 Å². The van der Waals surface area contributed by atoms with Crippen molar-refractivity contribution >= 4 is 36.5 Å². The van der Waals surface area contributed by atoms with Crippen molar-refractivity contribution in [2.45, 2.75) is 20.8 Å². The van der Waals surface area contributed by atoms with E-state index in [4.69, 9.17) is 0 Å². The second-order valence-corrected chi connectivity index (χ2v) is 12.3. The van der Waals surface area contributed by atoms with Gasteiger partial charge in [-0.05, 0) is 0 Å². The fraction of sp³-hybridized carbons (Fsp3) is 0.143. The van der Waals surface area contributed by atoms with Crippen LogP contribution >= 0.6 is 5.51 Å². The second kappa shape index (κ2) is 6.62. The van der Waals surface area contributed by atoms with Gasteiger partial charge in [-0.3, -0.25) is 0 Å². The van der Waals surface area contributed by atoms with Gasteiger partial charge >= 0.3 is 147 Å².